The first-order valence-corrected chi connectivity index (χ1v) is 8.86. The summed E-state index contributed by atoms with van der Waals surface area (Å²) < 4.78 is 60.9. The lowest BCUT2D eigenvalue weighted by molar-refractivity contribution is -0.0550. The van der Waals surface area contributed by atoms with Crippen LogP contribution in [0.15, 0.2) is 0 Å². The maximum atomic E-state index is 11.9. The zero-order chi connectivity index (χ0) is 11.8. The van der Waals surface area contributed by atoms with Crippen molar-refractivity contribution in [1.82, 2.24) is 0 Å². The molecule has 1 atom stereocenters. The smallest absolute Gasteiger partial charge is 0.264 e. The Bertz CT molecular complexity index is 290. The third-order valence-electron chi connectivity index (χ3n) is 1.77. The Morgan fingerprint density at radius 3 is 1.79 bits per heavy atom. The zero-order valence-electron chi connectivity index (χ0n) is 8.34. The molecule has 3 nitrogen and oxygen atoms in total. The van der Waals surface area contributed by atoms with Gasteiger partial charge < -0.3 is 0 Å². The average molecular weight is 250 g/mol. The fourth-order valence-corrected chi connectivity index (χ4v) is 2.41. The highest BCUT2D eigenvalue weighted by molar-refractivity contribution is 7.87. The van der Waals surface area contributed by atoms with Crippen molar-refractivity contribution < 1.29 is 25.8 Å². The van der Waals surface area contributed by atoms with Gasteiger partial charge in [0.1, 0.15) is 0 Å². The van der Waals surface area contributed by atoms with E-state index < -0.39 is 29.4 Å². The second-order valence-electron chi connectivity index (χ2n) is 4.00. The van der Waals surface area contributed by atoms with Gasteiger partial charge in [-0.2, -0.15) is 21.6 Å². The molecule has 0 spiro atoms. The summed E-state index contributed by atoms with van der Waals surface area (Å²) in [4.78, 5) is 0. The van der Waals surface area contributed by atoms with Crippen LogP contribution in [0.5, 0.6) is 0 Å². The molecule has 0 aromatic carbocycles. The van der Waals surface area contributed by atoms with Crippen molar-refractivity contribution in [3.8, 4) is 0 Å². The Morgan fingerprint density at radius 1 is 1.21 bits per heavy atom. The van der Waals surface area contributed by atoms with Crippen LogP contribution in [0.4, 0.5) is 13.2 Å². The average Bonchev–Trinajstić information content (AvgIpc) is 1.80. The van der Waals surface area contributed by atoms with Gasteiger partial charge in [-0.1, -0.05) is 19.6 Å². The molecule has 0 saturated carbocycles. The molecule has 0 rings (SSSR count). The molecule has 14 heavy (non-hydrogen) atoms. The predicted molar refractivity (Wildman–Crippen MR) is 48.9 cm³/mol. The summed E-state index contributed by atoms with van der Waals surface area (Å²) in [7, 11) is -7.50. The summed E-state index contributed by atoms with van der Waals surface area (Å²) in [5.74, 6) is 0. The molecule has 86 valence electrons. The standard InChI is InChI=1S/C6H13F3O3SSi/c1-5(14(2,3)4)12-13(10,11)6(7,8)9/h5H,1-4H3. The van der Waals surface area contributed by atoms with E-state index in [1.807, 2.05) is 0 Å². The van der Waals surface area contributed by atoms with Crippen molar-refractivity contribution in [3.05, 3.63) is 0 Å². The molecule has 1 unspecified atom stereocenters. The number of hydrogen-bond acceptors (Lipinski definition) is 3. The van der Waals surface area contributed by atoms with Crippen LogP contribution in [0.25, 0.3) is 0 Å². The van der Waals surface area contributed by atoms with Crippen LogP contribution in [0, 0.1) is 0 Å². The van der Waals surface area contributed by atoms with Gasteiger partial charge in [0.25, 0.3) is 0 Å². The minimum Gasteiger partial charge on any atom is -0.264 e. The van der Waals surface area contributed by atoms with Crippen molar-refractivity contribution in [2.75, 3.05) is 0 Å². The molecule has 0 N–H and O–H groups in total. The highest BCUT2D eigenvalue weighted by atomic mass is 32.2. The van der Waals surface area contributed by atoms with E-state index in [0.29, 0.717) is 0 Å². The van der Waals surface area contributed by atoms with Crippen LogP contribution in [0.1, 0.15) is 6.92 Å². The van der Waals surface area contributed by atoms with E-state index >= 15 is 0 Å². The van der Waals surface area contributed by atoms with Gasteiger partial charge in [0, 0.05) is 0 Å². The van der Waals surface area contributed by atoms with Crippen molar-refractivity contribution in [2.24, 2.45) is 0 Å². The molecular formula is C6H13F3O3SSi. The summed E-state index contributed by atoms with van der Waals surface area (Å²) in [6.07, 6.45) is 0. The minimum absolute atomic E-state index is 0.894. The fourth-order valence-electron chi connectivity index (χ4n) is 0.389. The van der Waals surface area contributed by atoms with E-state index in [2.05, 4.69) is 4.18 Å². The molecule has 0 aromatic heterocycles. The van der Waals surface area contributed by atoms with Crippen LogP contribution in [0.3, 0.4) is 0 Å². The van der Waals surface area contributed by atoms with Gasteiger partial charge in [0.15, 0.2) is 0 Å². The Morgan fingerprint density at radius 2 is 1.57 bits per heavy atom. The van der Waals surface area contributed by atoms with Gasteiger partial charge >= 0.3 is 15.6 Å². The molecule has 8 heteroatoms. The van der Waals surface area contributed by atoms with E-state index in [0.717, 1.165) is 0 Å². The topological polar surface area (TPSA) is 43.4 Å². The third-order valence-corrected chi connectivity index (χ3v) is 5.61. The Kier molecular flexibility index (Phi) is 3.80. The van der Waals surface area contributed by atoms with Crippen molar-refractivity contribution in [3.63, 3.8) is 0 Å². The number of hydrogen-bond donors (Lipinski definition) is 0. The molecule has 0 saturated heterocycles. The minimum atomic E-state index is -5.45. The van der Waals surface area contributed by atoms with Crippen molar-refractivity contribution >= 4 is 18.2 Å². The summed E-state index contributed by atoms with van der Waals surface area (Å²) in [6.45, 7) is 6.52. The summed E-state index contributed by atoms with van der Waals surface area (Å²) in [6, 6.07) is 0. The monoisotopic (exact) mass is 250 g/mol. The van der Waals surface area contributed by atoms with E-state index in [1.165, 1.54) is 6.92 Å². The number of rotatable bonds is 3. The first-order valence-electron chi connectivity index (χ1n) is 3.87. The second kappa shape index (κ2) is 3.82. The van der Waals surface area contributed by atoms with E-state index in [9.17, 15) is 21.6 Å². The molecule has 0 aliphatic carbocycles. The normalized spacial score (nSPS) is 16.8. The first kappa shape index (κ1) is 13.9. The molecule has 0 aliphatic rings. The van der Waals surface area contributed by atoms with Gasteiger partial charge in [-0.3, -0.25) is 4.18 Å². The maximum Gasteiger partial charge on any atom is 0.523 e. The van der Waals surface area contributed by atoms with Crippen molar-refractivity contribution in [1.29, 1.82) is 0 Å². The third kappa shape index (κ3) is 3.58. The molecule has 0 aromatic rings. The molecule has 0 radical (unpaired) electrons. The molecule has 0 amide bonds. The maximum absolute atomic E-state index is 11.9. The van der Waals surface area contributed by atoms with Gasteiger partial charge in [-0.05, 0) is 6.92 Å². The van der Waals surface area contributed by atoms with E-state index in [-0.39, 0.29) is 0 Å². The highest BCUT2D eigenvalue weighted by Gasteiger charge is 2.49. The number of halogens is 3. The summed E-state index contributed by atoms with van der Waals surface area (Å²) in [5, 5.41) is 0. The van der Waals surface area contributed by atoms with Gasteiger partial charge in [0.2, 0.25) is 0 Å². The van der Waals surface area contributed by atoms with Crippen LogP contribution in [-0.2, 0) is 14.3 Å². The molecule has 0 fully saturated rings. The lowest BCUT2D eigenvalue weighted by Crippen LogP contribution is -2.42. The van der Waals surface area contributed by atoms with Gasteiger partial charge in [-0.25, -0.2) is 0 Å². The van der Waals surface area contributed by atoms with Crippen molar-refractivity contribution in [2.45, 2.75) is 37.8 Å². The van der Waals surface area contributed by atoms with E-state index in [4.69, 9.17) is 0 Å². The molecule has 0 heterocycles. The Hall–Kier alpha value is -0.0831. The highest BCUT2D eigenvalue weighted by Crippen LogP contribution is 2.27. The molecule has 0 aliphatic heterocycles. The summed E-state index contributed by atoms with van der Waals surface area (Å²) in [5.41, 5.74) is -6.23. The largest absolute Gasteiger partial charge is 0.523 e. The van der Waals surface area contributed by atoms with Crippen LogP contribution in [-0.4, -0.2) is 27.7 Å². The summed E-state index contributed by atoms with van der Waals surface area (Å²) >= 11 is 0. The lowest BCUT2D eigenvalue weighted by atomic mass is 10.9. The van der Waals surface area contributed by atoms with Gasteiger partial charge in [-0.15, -0.1) is 0 Å². The lowest BCUT2D eigenvalue weighted by Gasteiger charge is -2.24. The zero-order valence-corrected chi connectivity index (χ0v) is 10.2. The van der Waals surface area contributed by atoms with Gasteiger partial charge in [0.05, 0.1) is 13.8 Å². The quantitative estimate of drug-likeness (QED) is 0.438. The predicted octanol–water partition coefficient (Wildman–Crippen LogP) is 2.12. The second-order valence-corrected chi connectivity index (χ2v) is 11.1. The Balaban J connectivity index is 4.72. The SMILES string of the molecule is CC(OS(=O)(=O)C(F)(F)F)[Si](C)(C)C. The molecular weight excluding hydrogens is 237 g/mol. The molecule has 0 bridgehead atoms. The van der Waals surface area contributed by atoms with E-state index in [1.54, 1.807) is 19.6 Å². The van der Waals surface area contributed by atoms with Crippen LogP contribution in [0.2, 0.25) is 19.6 Å². The fraction of sp³-hybridized carbons (Fsp3) is 1.00. The number of alkyl halides is 3. The van der Waals surface area contributed by atoms with Crippen LogP contribution >= 0.6 is 0 Å². The first-order chi connectivity index (χ1) is 5.88. The Labute approximate surface area is 82.4 Å². The van der Waals surface area contributed by atoms with Crippen LogP contribution < -0.4 is 0 Å².